The normalized spacial score (nSPS) is 16.0. The first kappa shape index (κ1) is 19.9. The van der Waals surface area contributed by atoms with E-state index in [0.717, 1.165) is 10.8 Å². The molecule has 1 aliphatic rings. The standard InChI is InChI=1S/C19H24N8O2/c20-18(21)24-6-5-14-17(29)27(8-7-25-19(22)23)15-10-12-4-2-1-3-11(12)9-13(15)16(28)26-14/h1-4,9-10,14H,5-8H2,(H,26,28)(H4,20,21,24)(H4,22,23,25). The van der Waals surface area contributed by atoms with Crippen LogP contribution in [0.1, 0.15) is 16.8 Å². The van der Waals surface area contributed by atoms with E-state index >= 15 is 0 Å². The van der Waals surface area contributed by atoms with Gasteiger partial charge in [0.25, 0.3) is 5.91 Å². The molecule has 152 valence electrons. The Morgan fingerprint density at radius 3 is 2.24 bits per heavy atom. The van der Waals surface area contributed by atoms with Gasteiger partial charge in [-0.2, -0.15) is 0 Å². The molecule has 0 aliphatic carbocycles. The van der Waals surface area contributed by atoms with Crippen molar-refractivity contribution in [1.82, 2.24) is 5.32 Å². The Balaban J connectivity index is 2.02. The van der Waals surface area contributed by atoms with E-state index in [4.69, 9.17) is 22.9 Å². The molecule has 1 unspecified atom stereocenters. The van der Waals surface area contributed by atoms with Gasteiger partial charge in [0, 0.05) is 13.1 Å². The maximum Gasteiger partial charge on any atom is 0.254 e. The van der Waals surface area contributed by atoms with E-state index in [1.165, 1.54) is 4.90 Å². The number of guanidine groups is 2. The fraction of sp³-hybridized carbons (Fsp3) is 0.263. The number of hydrogen-bond donors (Lipinski definition) is 5. The number of anilines is 1. The Hall–Kier alpha value is -3.82. The predicted octanol–water partition coefficient (Wildman–Crippen LogP) is -0.778. The van der Waals surface area contributed by atoms with Gasteiger partial charge in [-0.1, -0.05) is 24.3 Å². The van der Waals surface area contributed by atoms with E-state index in [1.54, 1.807) is 6.07 Å². The molecule has 3 rings (SSSR count). The summed E-state index contributed by atoms with van der Waals surface area (Å²) in [6.45, 7) is 0.629. The number of amides is 2. The lowest BCUT2D eigenvalue weighted by Crippen LogP contribution is -2.47. The van der Waals surface area contributed by atoms with Crippen LogP contribution in [0.3, 0.4) is 0 Å². The Bertz CT molecular complexity index is 993. The van der Waals surface area contributed by atoms with E-state index in [0.29, 0.717) is 11.3 Å². The van der Waals surface area contributed by atoms with E-state index in [1.807, 2.05) is 30.3 Å². The topological polar surface area (TPSA) is 178 Å². The summed E-state index contributed by atoms with van der Waals surface area (Å²) in [4.78, 5) is 35.5. The van der Waals surface area contributed by atoms with Crippen molar-refractivity contribution in [2.24, 2.45) is 32.9 Å². The number of nitrogens with zero attached hydrogens (tertiary/aromatic N) is 3. The number of fused-ring (bicyclic) bond motifs is 2. The van der Waals surface area contributed by atoms with Gasteiger partial charge in [0.1, 0.15) is 6.04 Å². The van der Waals surface area contributed by atoms with Gasteiger partial charge in [0.15, 0.2) is 11.9 Å². The van der Waals surface area contributed by atoms with Crippen molar-refractivity contribution in [2.75, 3.05) is 24.5 Å². The summed E-state index contributed by atoms with van der Waals surface area (Å²) in [7, 11) is 0. The summed E-state index contributed by atoms with van der Waals surface area (Å²) >= 11 is 0. The first-order valence-electron chi connectivity index (χ1n) is 9.12. The highest BCUT2D eigenvalue weighted by molar-refractivity contribution is 6.13. The first-order valence-corrected chi connectivity index (χ1v) is 9.12. The predicted molar refractivity (Wildman–Crippen MR) is 114 cm³/mol. The van der Waals surface area contributed by atoms with Crippen LogP contribution < -0.4 is 33.2 Å². The van der Waals surface area contributed by atoms with Gasteiger partial charge in [0.05, 0.1) is 17.8 Å². The third kappa shape index (κ3) is 4.54. The summed E-state index contributed by atoms with van der Waals surface area (Å²) in [5, 5.41) is 4.60. The lowest BCUT2D eigenvalue weighted by atomic mass is 10.0. The average Bonchev–Trinajstić information content (AvgIpc) is 2.76. The number of rotatable bonds is 6. The van der Waals surface area contributed by atoms with Crippen LogP contribution in [-0.2, 0) is 4.79 Å². The SMILES string of the molecule is NC(N)=NCCC1NC(=O)c2cc3ccccc3cc2N(CCN=C(N)N)C1=O. The van der Waals surface area contributed by atoms with Gasteiger partial charge in [-0.05, 0) is 29.3 Å². The molecular formula is C19H24N8O2. The van der Waals surface area contributed by atoms with Gasteiger partial charge in [-0.15, -0.1) is 0 Å². The minimum Gasteiger partial charge on any atom is -0.370 e. The molecule has 1 heterocycles. The summed E-state index contributed by atoms with van der Waals surface area (Å²) in [5.41, 5.74) is 22.4. The lowest BCUT2D eigenvalue weighted by Gasteiger charge is -2.25. The zero-order valence-corrected chi connectivity index (χ0v) is 15.8. The third-order valence-electron chi connectivity index (χ3n) is 4.60. The minimum atomic E-state index is -0.777. The van der Waals surface area contributed by atoms with Crippen molar-refractivity contribution >= 4 is 40.2 Å². The van der Waals surface area contributed by atoms with Gasteiger partial charge in [-0.25, -0.2) is 0 Å². The van der Waals surface area contributed by atoms with Crippen molar-refractivity contribution in [3.8, 4) is 0 Å². The molecule has 0 spiro atoms. The summed E-state index contributed by atoms with van der Waals surface area (Å²) in [6.07, 6.45) is 0.259. The number of carbonyl (C=O) groups is 2. The monoisotopic (exact) mass is 396 g/mol. The number of nitrogens with one attached hydrogen (secondary N) is 1. The molecule has 1 aliphatic heterocycles. The number of hydrogen-bond acceptors (Lipinski definition) is 4. The van der Waals surface area contributed by atoms with Gasteiger partial charge in [0.2, 0.25) is 5.91 Å². The second kappa shape index (κ2) is 8.46. The molecule has 0 aromatic heterocycles. The maximum atomic E-state index is 13.2. The molecule has 10 nitrogen and oxygen atoms in total. The molecule has 1 atom stereocenters. The molecule has 0 fully saturated rings. The van der Waals surface area contributed by atoms with Crippen LogP contribution in [0.4, 0.5) is 5.69 Å². The maximum absolute atomic E-state index is 13.2. The lowest BCUT2D eigenvalue weighted by molar-refractivity contribution is -0.120. The zero-order valence-electron chi connectivity index (χ0n) is 15.8. The number of aliphatic imine (C=N–C) groups is 2. The Morgan fingerprint density at radius 1 is 0.966 bits per heavy atom. The molecule has 9 N–H and O–H groups in total. The van der Waals surface area contributed by atoms with Crippen molar-refractivity contribution in [1.29, 1.82) is 0 Å². The van der Waals surface area contributed by atoms with Crippen LogP contribution in [0.25, 0.3) is 10.8 Å². The highest BCUT2D eigenvalue weighted by atomic mass is 16.2. The molecule has 2 aromatic carbocycles. The van der Waals surface area contributed by atoms with Crippen LogP contribution in [0.5, 0.6) is 0 Å². The molecule has 2 amide bonds. The fourth-order valence-electron chi connectivity index (χ4n) is 3.27. The van der Waals surface area contributed by atoms with Crippen LogP contribution in [0.15, 0.2) is 46.4 Å². The van der Waals surface area contributed by atoms with Crippen LogP contribution in [0.2, 0.25) is 0 Å². The second-order valence-corrected chi connectivity index (χ2v) is 6.63. The van der Waals surface area contributed by atoms with Crippen molar-refractivity contribution in [2.45, 2.75) is 12.5 Å². The van der Waals surface area contributed by atoms with Gasteiger partial charge in [-0.3, -0.25) is 19.6 Å². The molecule has 0 radical (unpaired) electrons. The zero-order chi connectivity index (χ0) is 21.0. The molecule has 29 heavy (non-hydrogen) atoms. The highest BCUT2D eigenvalue weighted by Gasteiger charge is 2.33. The molecule has 0 saturated heterocycles. The largest absolute Gasteiger partial charge is 0.370 e. The highest BCUT2D eigenvalue weighted by Crippen LogP contribution is 2.30. The quantitative estimate of drug-likeness (QED) is 0.316. The fourth-order valence-corrected chi connectivity index (χ4v) is 3.27. The first-order chi connectivity index (χ1) is 13.9. The van der Waals surface area contributed by atoms with Crippen LogP contribution in [0, 0.1) is 0 Å². The van der Waals surface area contributed by atoms with Gasteiger partial charge < -0.3 is 33.2 Å². The Labute approximate surface area is 167 Å². The van der Waals surface area contributed by atoms with Crippen LogP contribution >= 0.6 is 0 Å². The third-order valence-corrected chi connectivity index (χ3v) is 4.60. The van der Waals surface area contributed by atoms with Crippen molar-refractivity contribution < 1.29 is 9.59 Å². The molecule has 10 heteroatoms. The van der Waals surface area contributed by atoms with E-state index in [-0.39, 0.29) is 49.8 Å². The number of benzene rings is 2. The smallest absolute Gasteiger partial charge is 0.254 e. The molecule has 2 aromatic rings. The van der Waals surface area contributed by atoms with Gasteiger partial charge >= 0.3 is 0 Å². The number of nitrogens with two attached hydrogens (primary N) is 4. The summed E-state index contributed by atoms with van der Waals surface area (Å²) < 4.78 is 0. The van der Waals surface area contributed by atoms with E-state index in [2.05, 4.69) is 15.3 Å². The Kier molecular flexibility index (Phi) is 5.82. The second-order valence-electron chi connectivity index (χ2n) is 6.63. The molecule has 0 bridgehead atoms. The summed E-state index contributed by atoms with van der Waals surface area (Å²) in [5.74, 6) is -0.747. The van der Waals surface area contributed by atoms with E-state index in [9.17, 15) is 9.59 Å². The van der Waals surface area contributed by atoms with Crippen molar-refractivity contribution in [3.05, 3.63) is 42.0 Å². The average molecular weight is 396 g/mol. The number of carbonyl (C=O) groups excluding carboxylic acids is 2. The van der Waals surface area contributed by atoms with E-state index < -0.39 is 6.04 Å². The molecular weight excluding hydrogens is 372 g/mol. The minimum absolute atomic E-state index is 0.0653. The van der Waals surface area contributed by atoms with Crippen LogP contribution in [-0.4, -0.2) is 49.4 Å². The van der Waals surface area contributed by atoms with Crippen molar-refractivity contribution in [3.63, 3.8) is 0 Å². The Morgan fingerprint density at radius 2 is 1.59 bits per heavy atom. The summed E-state index contributed by atoms with van der Waals surface area (Å²) in [6, 6.07) is 10.5. The molecule has 0 saturated carbocycles.